The minimum atomic E-state index is 0.646. The lowest BCUT2D eigenvalue weighted by Gasteiger charge is -2.07. The summed E-state index contributed by atoms with van der Waals surface area (Å²) < 4.78 is 12.8. The lowest BCUT2D eigenvalue weighted by molar-refractivity contribution is 0.340. The number of benzene rings is 2. The Morgan fingerprint density at radius 1 is 1.00 bits per heavy atom. The Morgan fingerprint density at radius 3 is 2.58 bits per heavy atom. The number of rotatable bonds is 6. The van der Waals surface area contributed by atoms with Crippen LogP contribution in [0.25, 0.3) is 5.69 Å². The van der Waals surface area contributed by atoms with E-state index in [0.29, 0.717) is 6.61 Å². The van der Waals surface area contributed by atoms with Crippen molar-refractivity contribution in [2.45, 2.75) is 6.92 Å². The lowest BCUT2D eigenvalue weighted by Crippen LogP contribution is -1.97. The highest BCUT2D eigenvalue weighted by Crippen LogP contribution is 2.21. The Kier molecular flexibility index (Phi) is 4.96. The Morgan fingerprint density at radius 2 is 1.83 bits per heavy atom. The number of nitrogens with zero attached hydrogens (tertiary/aromatic N) is 2. The molecule has 0 aliphatic heterocycles. The normalized spacial score (nSPS) is 10.9. The van der Waals surface area contributed by atoms with Crippen molar-refractivity contribution in [3.8, 4) is 17.2 Å². The van der Waals surface area contributed by atoms with Gasteiger partial charge in [0.2, 0.25) is 0 Å². The van der Waals surface area contributed by atoms with Crippen LogP contribution in [0.5, 0.6) is 11.5 Å². The molecule has 1 heterocycles. The highest BCUT2D eigenvalue weighted by molar-refractivity contribution is 5.81. The Bertz CT molecular complexity index is 820. The van der Waals surface area contributed by atoms with E-state index >= 15 is 0 Å². The van der Waals surface area contributed by atoms with Gasteiger partial charge in [-0.05, 0) is 55.5 Å². The number of ether oxygens (including phenoxy) is 2. The van der Waals surface area contributed by atoms with E-state index < -0.39 is 0 Å². The maximum atomic E-state index is 5.51. The average molecular weight is 320 g/mol. The van der Waals surface area contributed by atoms with Crippen LogP contribution < -0.4 is 9.47 Å². The van der Waals surface area contributed by atoms with Gasteiger partial charge in [0.05, 0.1) is 31.3 Å². The second kappa shape index (κ2) is 7.51. The summed E-state index contributed by atoms with van der Waals surface area (Å²) in [5.74, 6) is 1.67. The first-order chi connectivity index (χ1) is 11.8. The molecule has 0 aliphatic carbocycles. The first-order valence-corrected chi connectivity index (χ1v) is 7.89. The molecule has 0 saturated heterocycles. The van der Waals surface area contributed by atoms with Crippen LogP contribution >= 0.6 is 0 Å². The van der Waals surface area contributed by atoms with Gasteiger partial charge in [-0.3, -0.25) is 4.99 Å². The first kappa shape index (κ1) is 15.9. The molecule has 0 amide bonds. The SMILES string of the molecule is CCOc1cccc(N=Cc2cccn2-c2ccc(OC)cc2)c1. The minimum absolute atomic E-state index is 0.646. The van der Waals surface area contributed by atoms with Crippen molar-refractivity contribution < 1.29 is 9.47 Å². The summed E-state index contributed by atoms with van der Waals surface area (Å²) in [6.07, 6.45) is 3.87. The highest BCUT2D eigenvalue weighted by atomic mass is 16.5. The zero-order valence-electron chi connectivity index (χ0n) is 13.8. The molecule has 0 bridgehead atoms. The van der Waals surface area contributed by atoms with Crippen molar-refractivity contribution in [1.82, 2.24) is 4.57 Å². The van der Waals surface area contributed by atoms with Gasteiger partial charge in [-0.25, -0.2) is 0 Å². The fourth-order valence-corrected chi connectivity index (χ4v) is 2.44. The Balaban J connectivity index is 1.83. The van der Waals surface area contributed by atoms with Gasteiger partial charge < -0.3 is 14.0 Å². The molecule has 0 radical (unpaired) electrons. The molecule has 0 unspecified atom stereocenters. The minimum Gasteiger partial charge on any atom is -0.497 e. The van der Waals surface area contributed by atoms with Gasteiger partial charge in [0.25, 0.3) is 0 Å². The number of hydrogen-bond donors (Lipinski definition) is 0. The molecular weight excluding hydrogens is 300 g/mol. The molecular formula is C20H20N2O2. The highest BCUT2D eigenvalue weighted by Gasteiger charge is 2.02. The molecule has 0 N–H and O–H groups in total. The van der Waals surface area contributed by atoms with Crippen molar-refractivity contribution in [2.24, 2.45) is 4.99 Å². The van der Waals surface area contributed by atoms with Crippen LogP contribution in [-0.4, -0.2) is 24.5 Å². The van der Waals surface area contributed by atoms with E-state index in [9.17, 15) is 0 Å². The molecule has 4 heteroatoms. The van der Waals surface area contributed by atoms with E-state index in [1.54, 1.807) is 7.11 Å². The third-order valence-corrected chi connectivity index (χ3v) is 3.61. The van der Waals surface area contributed by atoms with Gasteiger partial charge in [-0.1, -0.05) is 6.07 Å². The Labute approximate surface area is 142 Å². The van der Waals surface area contributed by atoms with E-state index in [1.165, 1.54) is 0 Å². The summed E-state index contributed by atoms with van der Waals surface area (Å²) in [6.45, 7) is 2.62. The predicted octanol–water partition coefficient (Wildman–Crippen LogP) is 4.64. The topological polar surface area (TPSA) is 35.8 Å². The fourth-order valence-electron chi connectivity index (χ4n) is 2.44. The summed E-state index contributed by atoms with van der Waals surface area (Å²) in [6, 6.07) is 19.7. The van der Waals surface area contributed by atoms with Gasteiger partial charge >= 0.3 is 0 Å². The first-order valence-electron chi connectivity index (χ1n) is 7.89. The van der Waals surface area contributed by atoms with E-state index in [0.717, 1.165) is 28.6 Å². The Hall–Kier alpha value is -3.01. The summed E-state index contributed by atoms with van der Waals surface area (Å²) >= 11 is 0. The van der Waals surface area contributed by atoms with Crippen LogP contribution in [0.4, 0.5) is 5.69 Å². The van der Waals surface area contributed by atoms with Crippen LogP contribution in [0.1, 0.15) is 12.6 Å². The molecule has 0 saturated carbocycles. The van der Waals surface area contributed by atoms with E-state index in [-0.39, 0.29) is 0 Å². The monoisotopic (exact) mass is 320 g/mol. The van der Waals surface area contributed by atoms with Crippen molar-refractivity contribution >= 4 is 11.9 Å². The molecule has 0 atom stereocenters. The third-order valence-electron chi connectivity index (χ3n) is 3.61. The summed E-state index contributed by atoms with van der Waals surface area (Å²) in [7, 11) is 1.67. The average Bonchev–Trinajstić information content (AvgIpc) is 3.09. The van der Waals surface area contributed by atoms with Crippen LogP contribution in [0.3, 0.4) is 0 Å². The number of hydrogen-bond acceptors (Lipinski definition) is 3. The van der Waals surface area contributed by atoms with Gasteiger partial charge in [0.15, 0.2) is 0 Å². The standard InChI is InChI=1S/C20H20N2O2/c1-3-24-20-8-4-6-16(14-20)21-15-18-7-5-13-22(18)17-9-11-19(23-2)12-10-17/h4-15H,3H2,1-2H3. The second-order valence-electron chi connectivity index (χ2n) is 5.19. The number of methoxy groups -OCH3 is 1. The van der Waals surface area contributed by atoms with Gasteiger partial charge in [0, 0.05) is 18.0 Å². The molecule has 122 valence electrons. The zero-order chi connectivity index (χ0) is 16.8. The molecule has 1 aromatic heterocycles. The predicted molar refractivity (Wildman–Crippen MR) is 97.2 cm³/mol. The molecule has 3 aromatic rings. The van der Waals surface area contributed by atoms with Crippen molar-refractivity contribution in [2.75, 3.05) is 13.7 Å². The molecule has 2 aromatic carbocycles. The fraction of sp³-hybridized carbons (Fsp3) is 0.150. The van der Waals surface area contributed by atoms with E-state index in [1.807, 2.05) is 80.0 Å². The van der Waals surface area contributed by atoms with Gasteiger partial charge in [-0.15, -0.1) is 0 Å². The van der Waals surface area contributed by atoms with E-state index in [2.05, 4.69) is 9.56 Å². The zero-order valence-corrected chi connectivity index (χ0v) is 13.8. The van der Waals surface area contributed by atoms with Crippen molar-refractivity contribution in [1.29, 1.82) is 0 Å². The van der Waals surface area contributed by atoms with Crippen LogP contribution in [0.2, 0.25) is 0 Å². The molecule has 0 spiro atoms. The molecule has 4 nitrogen and oxygen atoms in total. The maximum absolute atomic E-state index is 5.51. The molecule has 0 fully saturated rings. The largest absolute Gasteiger partial charge is 0.497 e. The second-order valence-corrected chi connectivity index (χ2v) is 5.19. The lowest BCUT2D eigenvalue weighted by atomic mass is 10.3. The van der Waals surface area contributed by atoms with Gasteiger partial charge in [-0.2, -0.15) is 0 Å². The smallest absolute Gasteiger partial charge is 0.121 e. The molecule has 3 rings (SSSR count). The number of aromatic nitrogens is 1. The summed E-state index contributed by atoms with van der Waals surface area (Å²) in [5, 5.41) is 0. The molecule has 0 aliphatic rings. The van der Waals surface area contributed by atoms with Gasteiger partial charge in [0.1, 0.15) is 11.5 Å². The van der Waals surface area contributed by atoms with Crippen molar-refractivity contribution in [3.63, 3.8) is 0 Å². The third kappa shape index (κ3) is 3.66. The van der Waals surface area contributed by atoms with E-state index in [4.69, 9.17) is 9.47 Å². The van der Waals surface area contributed by atoms with Crippen LogP contribution in [-0.2, 0) is 0 Å². The summed E-state index contributed by atoms with van der Waals surface area (Å²) in [4.78, 5) is 4.56. The summed E-state index contributed by atoms with van der Waals surface area (Å²) in [5.41, 5.74) is 2.93. The van der Waals surface area contributed by atoms with Crippen LogP contribution in [0.15, 0.2) is 71.9 Å². The molecule has 24 heavy (non-hydrogen) atoms. The maximum Gasteiger partial charge on any atom is 0.121 e. The van der Waals surface area contributed by atoms with Crippen LogP contribution in [0, 0.1) is 0 Å². The quantitative estimate of drug-likeness (QED) is 0.621. The number of aliphatic imine (C=N–C) groups is 1. The van der Waals surface area contributed by atoms with Crippen molar-refractivity contribution in [3.05, 3.63) is 72.6 Å².